The smallest absolute Gasteiger partial charge is 0.214 e. The van der Waals surface area contributed by atoms with Gasteiger partial charge < -0.3 is 35.9 Å². The van der Waals surface area contributed by atoms with Gasteiger partial charge in [-0.15, -0.1) is 0 Å². The Morgan fingerprint density at radius 2 is 2.03 bits per heavy atom. The molecule has 186 valence electrons. The number of ether oxygens (including phenoxy) is 2. The van der Waals surface area contributed by atoms with Crippen molar-refractivity contribution in [3.8, 4) is 5.75 Å². The lowest BCUT2D eigenvalue weighted by Crippen LogP contribution is -2.38. The summed E-state index contributed by atoms with van der Waals surface area (Å²) >= 11 is 0. The van der Waals surface area contributed by atoms with E-state index >= 15 is 0 Å². The molecular weight excluding hydrogens is 458 g/mol. The molecule has 0 saturated carbocycles. The maximum atomic E-state index is 13.2. The lowest BCUT2D eigenvalue weighted by Gasteiger charge is -2.26. The van der Waals surface area contributed by atoms with Gasteiger partial charge in [0.15, 0.2) is 0 Å². The second-order valence-electron chi connectivity index (χ2n) is 8.71. The molecule has 2 aromatic heterocycles. The zero-order chi connectivity index (χ0) is 25.1. The Labute approximate surface area is 208 Å². The molecule has 10 heteroatoms. The van der Waals surface area contributed by atoms with Gasteiger partial charge in [0.05, 0.1) is 35.5 Å². The molecule has 6 N–H and O–H groups in total. The molecule has 0 unspecified atom stereocenters. The van der Waals surface area contributed by atoms with Gasteiger partial charge in [0.2, 0.25) is 5.78 Å². The fourth-order valence-electron chi connectivity index (χ4n) is 4.28. The number of aryl methyl sites for hydroxylation is 1. The Balaban J connectivity index is 1.29. The van der Waals surface area contributed by atoms with E-state index in [1.807, 2.05) is 43.3 Å². The minimum Gasteiger partial charge on any atom is -0.492 e. The Morgan fingerprint density at radius 3 is 2.83 bits per heavy atom. The van der Waals surface area contributed by atoms with Crippen molar-refractivity contribution in [1.29, 1.82) is 5.41 Å². The van der Waals surface area contributed by atoms with Crippen molar-refractivity contribution in [2.24, 2.45) is 5.73 Å². The number of morpholine rings is 1. The molecule has 1 saturated heterocycles. The third-order valence-corrected chi connectivity index (χ3v) is 6.18. The van der Waals surface area contributed by atoms with Crippen LogP contribution in [0.5, 0.6) is 5.75 Å². The van der Waals surface area contributed by atoms with Crippen LogP contribution >= 0.6 is 0 Å². The summed E-state index contributed by atoms with van der Waals surface area (Å²) in [5.41, 5.74) is 9.75. The van der Waals surface area contributed by atoms with Gasteiger partial charge in [-0.3, -0.25) is 9.69 Å². The van der Waals surface area contributed by atoms with E-state index in [0.717, 1.165) is 72.6 Å². The van der Waals surface area contributed by atoms with Crippen molar-refractivity contribution in [1.82, 2.24) is 19.9 Å². The summed E-state index contributed by atoms with van der Waals surface area (Å²) < 4.78 is 11.3. The first-order chi connectivity index (χ1) is 17.5. The maximum Gasteiger partial charge on any atom is 0.214 e. The summed E-state index contributed by atoms with van der Waals surface area (Å²) in [4.78, 5) is 26.2. The molecule has 1 aliphatic heterocycles. The molecule has 1 aliphatic rings. The van der Waals surface area contributed by atoms with Crippen molar-refractivity contribution in [3.05, 3.63) is 65.4 Å². The number of rotatable bonds is 9. The zero-order valence-corrected chi connectivity index (χ0v) is 20.1. The Bertz CT molecular complexity index is 1450. The molecule has 5 rings (SSSR count). The zero-order valence-electron chi connectivity index (χ0n) is 20.1. The molecule has 1 fully saturated rings. The number of ketones is 1. The number of nitrogens with zero attached hydrogens (tertiary/aromatic N) is 2. The van der Waals surface area contributed by atoms with E-state index in [4.69, 9.17) is 20.6 Å². The molecule has 10 nitrogen and oxygen atoms in total. The van der Waals surface area contributed by atoms with Crippen LogP contribution in [0.2, 0.25) is 0 Å². The maximum absolute atomic E-state index is 13.2. The molecule has 0 amide bonds. The van der Waals surface area contributed by atoms with E-state index in [2.05, 4.69) is 25.2 Å². The van der Waals surface area contributed by atoms with Crippen molar-refractivity contribution in [2.45, 2.75) is 6.92 Å². The number of hydrogen-bond acceptors (Lipinski definition) is 8. The summed E-state index contributed by atoms with van der Waals surface area (Å²) in [6.07, 6.45) is 0.966. The molecule has 36 heavy (non-hydrogen) atoms. The van der Waals surface area contributed by atoms with Crippen LogP contribution in [0, 0.1) is 12.3 Å². The highest BCUT2D eigenvalue weighted by Gasteiger charge is 2.18. The van der Waals surface area contributed by atoms with Crippen LogP contribution in [0.3, 0.4) is 0 Å². The number of carbonyl (C=O) groups excluding carboxylic acids is 1. The number of allylic oxidation sites excluding steroid dienone is 1. The molecule has 2 aromatic carbocycles. The quantitative estimate of drug-likeness (QED) is 0.138. The third-order valence-electron chi connectivity index (χ3n) is 6.18. The summed E-state index contributed by atoms with van der Waals surface area (Å²) in [7, 11) is 0. The van der Waals surface area contributed by atoms with Gasteiger partial charge >= 0.3 is 0 Å². The number of H-pyrrole nitrogens is 2. The molecule has 0 bridgehead atoms. The summed E-state index contributed by atoms with van der Waals surface area (Å²) in [5, 5.41) is 11.7. The van der Waals surface area contributed by atoms with Crippen molar-refractivity contribution >= 4 is 39.6 Å². The van der Waals surface area contributed by atoms with E-state index in [0.29, 0.717) is 18.0 Å². The second kappa shape index (κ2) is 10.2. The van der Waals surface area contributed by atoms with Gasteiger partial charge in [-0.05, 0) is 43.3 Å². The van der Waals surface area contributed by atoms with Crippen molar-refractivity contribution in [3.63, 3.8) is 0 Å². The first-order valence-corrected chi connectivity index (χ1v) is 11.8. The fourth-order valence-corrected chi connectivity index (χ4v) is 4.28. The third kappa shape index (κ3) is 5.09. The second-order valence-corrected chi connectivity index (χ2v) is 8.71. The highest BCUT2D eigenvalue weighted by atomic mass is 16.5. The Hall–Kier alpha value is -4.15. The number of nitrogens with two attached hydrogens (primary N) is 1. The summed E-state index contributed by atoms with van der Waals surface area (Å²) in [6, 6.07) is 13.0. The summed E-state index contributed by atoms with van der Waals surface area (Å²) in [5.74, 6) is 1.25. The highest BCUT2D eigenvalue weighted by Crippen LogP contribution is 2.24. The van der Waals surface area contributed by atoms with Crippen LogP contribution in [-0.4, -0.2) is 71.3 Å². The lowest BCUT2D eigenvalue weighted by molar-refractivity contribution is 0.0322. The van der Waals surface area contributed by atoms with Gasteiger partial charge in [0, 0.05) is 48.5 Å². The van der Waals surface area contributed by atoms with E-state index < -0.39 is 0 Å². The largest absolute Gasteiger partial charge is 0.492 e. The van der Waals surface area contributed by atoms with Crippen molar-refractivity contribution in [2.75, 3.05) is 44.8 Å². The Kier molecular flexibility index (Phi) is 6.70. The predicted octanol–water partition coefficient (Wildman–Crippen LogP) is 3.18. The van der Waals surface area contributed by atoms with Gasteiger partial charge in [-0.2, -0.15) is 0 Å². The average molecular weight is 488 g/mol. The number of hydrogen-bond donors (Lipinski definition) is 5. The highest BCUT2D eigenvalue weighted by molar-refractivity contribution is 6.21. The fraction of sp³-hybridized carbons (Fsp3) is 0.269. The van der Waals surface area contributed by atoms with Crippen LogP contribution in [-0.2, 0) is 4.74 Å². The number of carbonyl (C=O) groups is 1. The number of anilines is 1. The number of benzene rings is 2. The van der Waals surface area contributed by atoms with Gasteiger partial charge in [0.1, 0.15) is 24.0 Å². The van der Waals surface area contributed by atoms with E-state index in [-0.39, 0.29) is 17.2 Å². The standard InChI is InChI=1S/C26H29N7O3/c1-16-29-21-5-3-18(13-23(21)30-16)31-26(28)20(15-27)25(34)24-12-17-2-4-19(14-22(17)32-24)36-11-8-33-6-9-35-10-7-33/h2-5,12-15,27,31-32H,6-11,28H2,1H3,(H,29,30)/b26-20+,27-15?. The molecular formula is C26H29N7O3. The number of imidazole rings is 1. The van der Waals surface area contributed by atoms with Crippen molar-refractivity contribution < 1.29 is 14.3 Å². The topological polar surface area (TPSA) is 145 Å². The number of nitrogens with one attached hydrogen (secondary N) is 4. The number of aromatic nitrogens is 3. The van der Waals surface area contributed by atoms with Gasteiger partial charge in [-0.25, -0.2) is 4.98 Å². The lowest BCUT2D eigenvalue weighted by atomic mass is 10.1. The molecule has 4 aromatic rings. The number of Topliss-reactive ketones (excluding diaryl/α,β-unsaturated/α-hetero) is 1. The van der Waals surface area contributed by atoms with Crippen LogP contribution in [0.25, 0.3) is 21.9 Å². The van der Waals surface area contributed by atoms with Crippen LogP contribution in [0.1, 0.15) is 16.3 Å². The Morgan fingerprint density at radius 1 is 1.19 bits per heavy atom. The monoisotopic (exact) mass is 487 g/mol. The molecule has 0 atom stereocenters. The minimum absolute atomic E-state index is 0.0573. The van der Waals surface area contributed by atoms with E-state index in [1.54, 1.807) is 6.07 Å². The first kappa shape index (κ1) is 23.6. The summed E-state index contributed by atoms with van der Waals surface area (Å²) in [6.45, 7) is 6.65. The van der Waals surface area contributed by atoms with Crippen LogP contribution in [0.4, 0.5) is 5.69 Å². The van der Waals surface area contributed by atoms with Gasteiger partial charge in [0.25, 0.3) is 0 Å². The number of aromatic amines is 2. The van der Waals surface area contributed by atoms with Crippen LogP contribution < -0.4 is 15.8 Å². The molecule has 0 spiro atoms. The van der Waals surface area contributed by atoms with E-state index in [1.165, 1.54) is 0 Å². The molecule has 3 heterocycles. The van der Waals surface area contributed by atoms with Gasteiger partial charge in [-0.1, -0.05) is 0 Å². The normalized spacial score (nSPS) is 15.1. The molecule has 0 aliphatic carbocycles. The SMILES string of the molecule is Cc1nc2cc(N/C(N)=C(\C=N)C(=O)c3cc4ccc(OCCN5CCOCC5)cc4[nH]3)ccc2[nH]1. The minimum atomic E-state index is -0.377. The first-order valence-electron chi connectivity index (χ1n) is 11.8. The molecule has 0 radical (unpaired) electrons. The van der Waals surface area contributed by atoms with E-state index in [9.17, 15) is 4.79 Å². The predicted molar refractivity (Wildman–Crippen MR) is 140 cm³/mol. The number of fused-ring (bicyclic) bond motifs is 2. The van der Waals surface area contributed by atoms with Crippen LogP contribution in [0.15, 0.2) is 53.9 Å². The average Bonchev–Trinajstić information content (AvgIpc) is 3.47.